The van der Waals surface area contributed by atoms with Gasteiger partial charge >= 0.3 is 0 Å². The van der Waals surface area contributed by atoms with Crippen molar-refractivity contribution in [2.24, 2.45) is 5.92 Å². The minimum atomic E-state index is 0.0614. The quantitative estimate of drug-likeness (QED) is 0.798. The second kappa shape index (κ2) is 5.19. The fraction of sp³-hybridized carbons (Fsp3) is 0.769. The highest BCUT2D eigenvalue weighted by molar-refractivity contribution is 5.90. The smallest absolute Gasteiger partial charge is 0.159 e. The predicted molar refractivity (Wildman–Crippen MR) is 67.0 cm³/mol. The summed E-state index contributed by atoms with van der Waals surface area (Å²) in [6.07, 6.45) is 3.99. The monoisotopic (exact) mass is 238 g/mol. The van der Waals surface area contributed by atoms with E-state index in [0.29, 0.717) is 12.5 Å². The van der Waals surface area contributed by atoms with Crippen LogP contribution in [-0.2, 0) is 4.79 Å². The van der Waals surface area contributed by atoms with Gasteiger partial charge in [0, 0.05) is 37.5 Å². The molecule has 96 valence electrons. The number of allylic oxidation sites excluding steroid dienone is 1. The molecule has 0 saturated carbocycles. The molecule has 2 aliphatic rings. The van der Waals surface area contributed by atoms with Crippen LogP contribution in [0.15, 0.2) is 11.8 Å². The second-order valence-corrected chi connectivity index (χ2v) is 5.44. The number of carbonyl (C=O) groups excluding carboxylic acids is 1. The lowest BCUT2D eigenvalue weighted by atomic mass is 9.93. The van der Waals surface area contributed by atoms with E-state index in [9.17, 15) is 9.90 Å². The van der Waals surface area contributed by atoms with Crippen LogP contribution in [0.1, 0.15) is 19.3 Å². The van der Waals surface area contributed by atoms with Gasteiger partial charge in [0.05, 0.1) is 0 Å². The number of hydrogen-bond acceptors (Lipinski definition) is 4. The molecule has 1 heterocycles. The fourth-order valence-electron chi connectivity index (χ4n) is 2.72. The van der Waals surface area contributed by atoms with Gasteiger partial charge in [-0.2, -0.15) is 0 Å². The molecule has 2 unspecified atom stereocenters. The van der Waals surface area contributed by atoms with Crippen molar-refractivity contribution < 1.29 is 9.90 Å². The summed E-state index contributed by atoms with van der Waals surface area (Å²) in [4.78, 5) is 15.8. The van der Waals surface area contributed by atoms with Crippen molar-refractivity contribution in [2.45, 2.75) is 25.3 Å². The van der Waals surface area contributed by atoms with E-state index in [0.717, 1.165) is 26.1 Å². The minimum Gasteiger partial charge on any atom is -0.512 e. The van der Waals surface area contributed by atoms with Crippen LogP contribution in [0.25, 0.3) is 0 Å². The molecule has 0 bridgehead atoms. The Bertz CT molecular complexity index is 325. The summed E-state index contributed by atoms with van der Waals surface area (Å²) >= 11 is 0. The number of likely N-dealkylation sites (tertiary alicyclic amines) is 1. The van der Waals surface area contributed by atoms with Crippen LogP contribution >= 0.6 is 0 Å². The van der Waals surface area contributed by atoms with Crippen LogP contribution in [0.5, 0.6) is 0 Å². The highest BCUT2D eigenvalue weighted by atomic mass is 16.3. The zero-order chi connectivity index (χ0) is 12.4. The third-order valence-electron chi connectivity index (χ3n) is 3.92. The molecule has 0 amide bonds. The zero-order valence-electron chi connectivity index (χ0n) is 10.7. The molecule has 1 aliphatic carbocycles. The summed E-state index contributed by atoms with van der Waals surface area (Å²) in [5.41, 5.74) is 0. The fourth-order valence-corrected chi connectivity index (χ4v) is 2.72. The molecule has 0 aromatic rings. The summed E-state index contributed by atoms with van der Waals surface area (Å²) in [6.45, 7) is 3.06. The van der Waals surface area contributed by atoms with Gasteiger partial charge in [-0.1, -0.05) is 0 Å². The van der Waals surface area contributed by atoms with Crippen molar-refractivity contribution in [3.05, 3.63) is 11.8 Å². The van der Waals surface area contributed by atoms with E-state index in [1.54, 1.807) is 0 Å². The van der Waals surface area contributed by atoms with Gasteiger partial charge in [0.15, 0.2) is 5.78 Å². The van der Waals surface area contributed by atoms with Gasteiger partial charge in [-0.25, -0.2) is 0 Å². The van der Waals surface area contributed by atoms with Crippen LogP contribution in [0, 0.1) is 5.92 Å². The molecule has 2 rings (SSSR count). The molecule has 1 fully saturated rings. The van der Waals surface area contributed by atoms with E-state index in [1.165, 1.54) is 12.5 Å². The van der Waals surface area contributed by atoms with Crippen molar-refractivity contribution in [3.8, 4) is 0 Å². The number of ketones is 1. The van der Waals surface area contributed by atoms with Gasteiger partial charge in [0.25, 0.3) is 0 Å². The highest BCUT2D eigenvalue weighted by Gasteiger charge is 2.28. The van der Waals surface area contributed by atoms with E-state index in [2.05, 4.69) is 23.9 Å². The largest absolute Gasteiger partial charge is 0.512 e. The Kier molecular flexibility index (Phi) is 3.84. The number of hydrogen-bond donors (Lipinski definition) is 1. The Morgan fingerprint density at radius 3 is 2.82 bits per heavy atom. The summed E-state index contributed by atoms with van der Waals surface area (Å²) < 4.78 is 0. The van der Waals surface area contributed by atoms with Crippen molar-refractivity contribution in [1.29, 1.82) is 0 Å². The van der Waals surface area contributed by atoms with Crippen LogP contribution in [0.2, 0.25) is 0 Å². The van der Waals surface area contributed by atoms with Crippen LogP contribution in [0.4, 0.5) is 0 Å². The third kappa shape index (κ3) is 3.07. The van der Waals surface area contributed by atoms with Gasteiger partial charge < -0.3 is 14.9 Å². The van der Waals surface area contributed by atoms with Crippen molar-refractivity contribution in [2.75, 3.05) is 33.7 Å². The SMILES string of the molecule is CN(C)C1CCN(CC2CCC(=O)C=C2O)C1. The normalized spacial score (nSPS) is 31.0. The zero-order valence-corrected chi connectivity index (χ0v) is 10.7. The number of aliphatic hydroxyl groups is 1. The first-order chi connectivity index (χ1) is 8.06. The number of likely N-dealkylation sites (N-methyl/N-ethyl adjacent to an activating group) is 1. The lowest BCUT2D eigenvalue weighted by molar-refractivity contribution is -0.115. The standard InChI is InChI=1S/C13H22N2O2/c1-14(2)11-5-6-15(9-11)8-10-3-4-12(16)7-13(10)17/h7,10-11,17H,3-6,8-9H2,1-2H3. The lowest BCUT2D eigenvalue weighted by Crippen LogP contribution is -2.34. The Morgan fingerprint density at radius 2 is 2.24 bits per heavy atom. The molecule has 4 nitrogen and oxygen atoms in total. The van der Waals surface area contributed by atoms with E-state index in [1.807, 2.05) is 0 Å². The molecule has 17 heavy (non-hydrogen) atoms. The van der Waals surface area contributed by atoms with Crippen LogP contribution in [0.3, 0.4) is 0 Å². The van der Waals surface area contributed by atoms with Crippen molar-refractivity contribution >= 4 is 5.78 Å². The number of nitrogens with zero attached hydrogens (tertiary/aromatic N) is 2. The first-order valence-corrected chi connectivity index (χ1v) is 6.38. The third-order valence-corrected chi connectivity index (χ3v) is 3.92. The summed E-state index contributed by atoms with van der Waals surface area (Å²) in [7, 11) is 4.23. The highest BCUT2D eigenvalue weighted by Crippen LogP contribution is 2.24. The molecular weight excluding hydrogens is 216 g/mol. The summed E-state index contributed by atoms with van der Waals surface area (Å²) in [6, 6.07) is 0.631. The van der Waals surface area contributed by atoms with Gasteiger partial charge in [0.2, 0.25) is 0 Å². The molecule has 1 N–H and O–H groups in total. The summed E-state index contributed by atoms with van der Waals surface area (Å²) in [5.74, 6) is 0.509. The molecule has 0 aromatic heterocycles. The molecule has 0 spiro atoms. The van der Waals surface area contributed by atoms with E-state index in [-0.39, 0.29) is 17.5 Å². The maximum atomic E-state index is 11.1. The average molecular weight is 238 g/mol. The van der Waals surface area contributed by atoms with Gasteiger partial charge in [0.1, 0.15) is 5.76 Å². The van der Waals surface area contributed by atoms with E-state index >= 15 is 0 Å². The van der Waals surface area contributed by atoms with E-state index < -0.39 is 0 Å². The maximum Gasteiger partial charge on any atom is 0.159 e. The van der Waals surface area contributed by atoms with Crippen molar-refractivity contribution in [1.82, 2.24) is 9.80 Å². The molecule has 1 saturated heterocycles. The molecule has 4 heteroatoms. The van der Waals surface area contributed by atoms with Crippen LogP contribution < -0.4 is 0 Å². The first kappa shape index (κ1) is 12.6. The Labute approximate surface area is 103 Å². The Hall–Kier alpha value is -0.870. The molecule has 1 aliphatic heterocycles. The van der Waals surface area contributed by atoms with Gasteiger partial charge in [-0.15, -0.1) is 0 Å². The van der Waals surface area contributed by atoms with Crippen LogP contribution in [-0.4, -0.2) is 60.5 Å². The van der Waals surface area contributed by atoms with Gasteiger partial charge in [-0.3, -0.25) is 4.79 Å². The summed E-state index contributed by atoms with van der Waals surface area (Å²) in [5, 5.41) is 9.78. The Morgan fingerprint density at radius 1 is 1.47 bits per heavy atom. The number of aliphatic hydroxyl groups excluding tert-OH is 1. The first-order valence-electron chi connectivity index (χ1n) is 6.38. The Balaban J connectivity index is 1.86. The number of carbonyl (C=O) groups is 1. The van der Waals surface area contributed by atoms with Gasteiger partial charge in [-0.05, 0) is 33.5 Å². The second-order valence-electron chi connectivity index (χ2n) is 5.44. The topological polar surface area (TPSA) is 43.8 Å². The predicted octanol–water partition coefficient (Wildman–Crippen LogP) is 1.04. The average Bonchev–Trinajstić information content (AvgIpc) is 2.71. The molecule has 2 atom stereocenters. The maximum absolute atomic E-state index is 11.1. The van der Waals surface area contributed by atoms with E-state index in [4.69, 9.17) is 0 Å². The molecule has 0 radical (unpaired) electrons. The number of rotatable bonds is 3. The minimum absolute atomic E-state index is 0.0614. The molecular formula is C13H22N2O2. The lowest BCUT2D eigenvalue weighted by Gasteiger charge is -2.26. The molecule has 0 aromatic carbocycles. The van der Waals surface area contributed by atoms with Crippen molar-refractivity contribution in [3.63, 3.8) is 0 Å².